The lowest BCUT2D eigenvalue weighted by molar-refractivity contribution is -0.120. The molecule has 0 radical (unpaired) electrons. The third-order valence-corrected chi connectivity index (χ3v) is 3.75. The predicted molar refractivity (Wildman–Crippen MR) is 71.9 cm³/mol. The molecule has 0 unspecified atom stereocenters. The van der Waals surface area contributed by atoms with Gasteiger partial charge in [0.2, 0.25) is 5.91 Å². The maximum absolute atomic E-state index is 12.5. The van der Waals surface area contributed by atoms with E-state index < -0.39 is 11.4 Å². The van der Waals surface area contributed by atoms with Crippen LogP contribution in [0.25, 0.3) is 0 Å². The molecule has 1 fully saturated rings. The highest BCUT2D eigenvalue weighted by Crippen LogP contribution is 2.38. The first-order valence-corrected chi connectivity index (χ1v) is 7.09. The molecule has 1 aromatic rings. The molecule has 2 amide bonds. The molecule has 1 aliphatic heterocycles. The number of carbonyl (C=O) groups is 2. The van der Waals surface area contributed by atoms with Crippen LogP contribution in [0.4, 0.5) is 13.2 Å². The topological polar surface area (TPSA) is 49.4 Å². The third-order valence-electron chi connectivity index (χ3n) is 2.94. The zero-order valence-corrected chi connectivity index (χ0v) is 11.8. The van der Waals surface area contributed by atoms with Gasteiger partial charge in [-0.1, -0.05) is 12.1 Å². The lowest BCUT2D eigenvalue weighted by Gasteiger charge is -2.21. The average molecular weight is 318 g/mol. The minimum Gasteiger partial charge on any atom is -0.354 e. The Morgan fingerprint density at radius 2 is 1.95 bits per heavy atom. The Kier molecular flexibility index (Phi) is 4.76. The van der Waals surface area contributed by atoms with Crippen molar-refractivity contribution in [3.63, 3.8) is 0 Å². The highest BCUT2D eigenvalue weighted by molar-refractivity contribution is 8.00. The maximum Gasteiger partial charge on any atom is 0.446 e. The van der Waals surface area contributed by atoms with E-state index in [0.717, 1.165) is 0 Å². The van der Waals surface area contributed by atoms with E-state index in [9.17, 15) is 22.8 Å². The number of hydrogen-bond acceptors (Lipinski definition) is 3. The number of benzene rings is 1. The molecule has 0 bridgehead atoms. The molecule has 0 aromatic heterocycles. The number of nitrogens with zero attached hydrogens (tertiary/aromatic N) is 1. The van der Waals surface area contributed by atoms with Crippen molar-refractivity contribution in [3.8, 4) is 0 Å². The lowest BCUT2D eigenvalue weighted by atomic mass is 10.2. The monoisotopic (exact) mass is 318 g/mol. The van der Waals surface area contributed by atoms with E-state index in [2.05, 4.69) is 5.32 Å². The Hall–Kier alpha value is -1.70. The Morgan fingerprint density at radius 1 is 1.24 bits per heavy atom. The average Bonchev–Trinajstić information content (AvgIpc) is 2.62. The summed E-state index contributed by atoms with van der Waals surface area (Å²) in [7, 11) is 0. The Labute approximate surface area is 123 Å². The molecule has 2 rings (SSSR count). The number of carbonyl (C=O) groups excluding carboxylic acids is 2. The smallest absolute Gasteiger partial charge is 0.354 e. The van der Waals surface area contributed by atoms with Crippen molar-refractivity contribution in [2.45, 2.75) is 16.8 Å². The molecule has 114 valence electrons. The van der Waals surface area contributed by atoms with Crippen molar-refractivity contribution in [3.05, 3.63) is 29.8 Å². The fourth-order valence-corrected chi connectivity index (χ4v) is 2.66. The molecule has 21 heavy (non-hydrogen) atoms. The Morgan fingerprint density at radius 3 is 2.67 bits per heavy atom. The van der Waals surface area contributed by atoms with Gasteiger partial charge in [0.15, 0.2) is 0 Å². The van der Waals surface area contributed by atoms with Crippen molar-refractivity contribution < 1.29 is 22.8 Å². The summed E-state index contributed by atoms with van der Waals surface area (Å²) < 4.78 is 37.6. The molecule has 0 aliphatic carbocycles. The predicted octanol–water partition coefficient (Wildman–Crippen LogP) is 2.26. The van der Waals surface area contributed by atoms with E-state index in [1.165, 1.54) is 29.2 Å². The number of thioether (sulfide) groups is 1. The van der Waals surface area contributed by atoms with E-state index in [4.69, 9.17) is 0 Å². The number of hydrogen-bond donors (Lipinski definition) is 1. The van der Waals surface area contributed by atoms with Crippen LogP contribution < -0.4 is 5.32 Å². The molecule has 0 spiro atoms. The van der Waals surface area contributed by atoms with Crippen LogP contribution in [0.2, 0.25) is 0 Å². The number of alkyl halides is 3. The first-order valence-electron chi connectivity index (χ1n) is 6.27. The normalized spacial score (nSPS) is 16.3. The molecule has 1 aliphatic rings. The fourth-order valence-electron chi connectivity index (χ4n) is 2.00. The first kappa shape index (κ1) is 15.7. The van der Waals surface area contributed by atoms with Crippen LogP contribution in [0, 0.1) is 0 Å². The second kappa shape index (κ2) is 6.38. The summed E-state index contributed by atoms with van der Waals surface area (Å²) in [5.74, 6) is -0.651. The summed E-state index contributed by atoms with van der Waals surface area (Å²) in [6, 6.07) is 5.62. The minimum atomic E-state index is -4.45. The summed E-state index contributed by atoms with van der Waals surface area (Å²) in [5, 5.41) is 2.62. The molecule has 0 saturated carbocycles. The number of nitrogens with one attached hydrogen (secondary N) is 1. The SMILES string of the molecule is O=C1CCN(C(=O)c2ccccc2SC(F)(F)F)CCN1. The van der Waals surface area contributed by atoms with Gasteiger partial charge in [0.05, 0.1) is 5.56 Å². The summed E-state index contributed by atoms with van der Waals surface area (Å²) >= 11 is -0.305. The van der Waals surface area contributed by atoms with Gasteiger partial charge < -0.3 is 10.2 Å². The second-order valence-electron chi connectivity index (χ2n) is 4.44. The van der Waals surface area contributed by atoms with Crippen molar-refractivity contribution in [2.75, 3.05) is 19.6 Å². The van der Waals surface area contributed by atoms with Crippen molar-refractivity contribution in [2.24, 2.45) is 0 Å². The highest BCUT2D eigenvalue weighted by Gasteiger charge is 2.32. The van der Waals surface area contributed by atoms with Crippen LogP contribution in [0.5, 0.6) is 0 Å². The summed E-state index contributed by atoms with van der Waals surface area (Å²) in [5.41, 5.74) is -4.44. The van der Waals surface area contributed by atoms with Crippen LogP contribution in [-0.2, 0) is 4.79 Å². The van der Waals surface area contributed by atoms with Crippen molar-refractivity contribution in [1.82, 2.24) is 10.2 Å². The van der Waals surface area contributed by atoms with Gasteiger partial charge in [-0.15, -0.1) is 0 Å². The number of halogens is 3. The standard InChI is InChI=1S/C13H13F3N2O2S/c14-13(15,16)21-10-4-2-1-3-9(10)12(20)18-7-5-11(19)17-6-8-18/h1-4H,5-8H2,(H,17,19). The fraction of sp³-hybridized carbons (Fsp3) is 0.385. The van der Waals surface area contributed by atoms with E-state index >= 15 is 0 Å². The molecule has 1 heterocycles. The van der Waals surface area contributed by atoms with Crippen LogP contribution >= 0.6 is 11.8 Å². The van der Waals surface area contributed by atoms with Gasteiger partial charge in [-0.25, -0.2) is 0 Å². The van der Waals surface area contributed by atoms with Gasteiger partial charge in [-0.3, -0.25) is 9.59 Å². The van der Waals surface area contributed by atoms with Crippen LogP contribution in [0.3, 0.4) is 0 Å². The van der Waals surface area contributed by atoms with E-state index in [1.807, 2.05) is 0 Å². The van der Waals surface area contributed by atoms with E-state index in [1.54, 1.807) is 0 Å². The molecule has 1 N–H and O–H groups in total. The van der Waals surface area contributed by atoms with Gasteiger partial charge in [0.1, 0.15) is 0 Å². The molecule has 4 nitrogen and oxygen atoms in total. The summed E-state index contributed by atoms with van der Waals surface area (Å²) in [6.45, 7) is 0.796. The maximum atomic E-state index is 12.5. The molecule has 8 heteroatoms. The van der Waals surface area contributed by atoms with Crippen molar-refractivity contribution in [1.29, 1.82) is 0 Å². The third kappa shape index (κ3) is 4.38. The van der Waals surface area contributed by atoms with E-state index in [-0.39, 0.29) is 47.6 Å². The Balaban J connectivity index is 2.20. The van der Waals surface area contributed by atoms with Gasteiger partial charge in [0.25, 0.3) is 5.91 Å². The Bertz CT molecular complexity index is 548. The zero-order valence-electron chi connectivity index (χ0n) is 10.9. The first-order chi connectivity index (χ1) is 9.87. The largest absolute Gasteiger partial charge is 0.446 e. The van der Waals surface area contributed by atoms with Crippen LogP contribution in [0.1, 0.15) is 16.8 Å². The quantitative estimate of drug-likeness (QED) is 0.851. The van der Waals surface area contributed by atoms with Crippen molar-refractivity contribution >= 4 is 23.6 Å². The highest BCUT2D eigenvalue weighted by atomic mass is 32.2. The van der Waals surface area contributed by atoms with Gasteiger partial charge in [0, 0.05) is 31.0 Å². The molecule has 1 aromatic carbocycles. The zero-order chi connectivity index (χ0) is 15.5. The van der Waals surface area contributed by atoms with Gasteiger partial charge >= 0.3 is 5.51 Å². The molecular weight excluding hydrogens is 305 g/mol. The minimum absolute atomic E-state index is 0.00849. The molecular formula is C13H13F3N2O2S. The van der Waals surface area contributed by atoms with E-state index in [0.29, 0.717) is 6.54 Å². The van der Waals surface area contributed by atoms with Gasteiger partial charge in [-0.2, -0.15) is 13.2 Å². The molecule has 1 saturated heterocycles. The number of rotatable bonds is 2. The van der Waals surface area contributed by atoms with Gasteiger partial charge in [-0.05, 0) is 23.9 Å². The second-order valence-corrected chi connectivity index (χ2v) is 5.54. The summed E-state index contributed by atoms with van der Waals surface area (Å²) in [6.07, 6.45) is 0.153. The van der Waals surface area contributed by atoms with Crippen LogP contribution in [0.15, 0.2) is 29.2 Å². The lowest BCUT2D eigenvalue weighted by Crippen LogP contribution is -2.34. The number of amides is 2. The summed E-state index contributed by atoms with van der Waals surface area (Å²) in [4.78, 5) is 24.9. The van der Waals surface area contributed by atoms with Crippen LogP contribution in [-0.4, -0.2) is 41.9 Å². The molecule has 0 atom stereocenters.